The number of fused-ring (bicyclic) bond motifs is 2. The summed E-state index contributed by atoms with van der Waals surface area (Å²) >= 11 is 6.60. The first-order chi connectivity index (χ1) is 13.2. The van der Waals surface area contributed by atoms with Crippen LogP contribution in [-0.2, 0) is 12.8 Å². The molecule has 0 saturated heterocycles. The summed E-state index contributed by atoms with van der Waals surface area (Å²) < 4.78 is 6.25. The van der Waals surface area contributed by atoms with Crippen LogP contribution in [-0.4, -0.2) is 25.6 Å². The molecule has 0 spiro atoms. The summed E-state index contributed by atoms with van der Waals surface area (Å²) in [6.07, 6.45) is 4.94. The van der Waals surface area contributed by atoms with Crippen LogP contribution in [0.15, 0.2) is 30.5 Å². The Morgan fingerprint density at radius 3 is 2.93 bits per heavy atom. The predicted octanol–water partition coefficient (Wildman–Crippen LogP) is 4.67. The van der Waals surface area contributed by atoms with Gasteiger partial charge >= 0.3 is 0 Å². The SMILES string of the molecule is Cc1c[nH]c2ccc(Oc3c(Cl)cc(Nc4nn[nH]n4)c4c3CCC4)cc12. The van der Waals surface area contributed by atoms with Crippen molar-refractivity contribution in [2.45, 2.75) is 26.2 Å². The monoisotopic (exact) mass is 380 g/mol. The Hall–Kier alpha value is -3.06. The maximum atomic E-state index is 6.60. The summed E-state index contributed by atoms with van der Waals surface area (Å²) in [6.45, 7) is 2.08. The molecule has 136 valence electrons. The van der Waals surface area contributed by atoms with Gasteiger partial charge in [0.1, 0.15) is 11.5 Å². The molecule has 0 radical (unpaired) electrons. The fourth-order valence-electron chi connectivity index (χ4n) is 3.69. The number of hydrogen-bond donors (Lipinski definition) is 3. The van der Waals surface area contributed by atoms with E-state index in [0.717, 1.165) is 52.9 Å². The largest absolute Gasteiger partial charge is 0.455 e. The van der Waals surface area contributed by atoms with Crippen LogP contribution >= 0.6 is 11.6 Å². The molecule has 8 heteroatoms. The fourth-order valence-corrected chi connectivity index (χ4v) is 3.95. The number of aromatic nitrogens is 5. The van der Waals surface area contributed by atoms with Crippen LogP contribution in [0.5, 0.6) is 11.5 Å². The minimum Gasteiger partial charge on any atom is -0.455 e. The molecule has 0 aliphatic heterocycles. The molecule has 0 amide bonds. The number of hydrogen-bond acceptors (Lipinski definition) is 5. The van der Waals surface area contributed by atoms with E-state index in [2.05, 4.69) is 37.8 Å². The molecule has 7 nitrogen and oxygen atoms in total. The maximum Gasteiger partial charge on any atom is 0.267 e. The molecule has 2 aromatic heterocycles. The second-order valence-electron chi connectivity index (χ2n) is 6.69. The molecule has 5 rings (SSSR count). The average molecular weight is 381 g/mol. The molecule has 4 aromatic rings. The molecule has 0 unspecified atom stereocenters. The van der Waals surface area contributed by atoms with E-state index < -0.39 is 0 Å². The summed E-state index contributed by atoms with van der Waals surface area (Å²) in [5.74, 6) is 1.93. The van der Waals surface area contributed by atoms with Crippen molar-refractivity contribution in [2.75, 3.05) is 5.32 Å². The van der Waals surface area contributed by atoms with Crippen molar-refractivity contribution in [3.8, 4) is 11.5 Å². The lowest BCUT2D eigenvalue weighted by Gasteiger charge is -2.16. The Labute approximate surface area is 160 Å². The molecule has 0 saturated carbocycles. The van der Waals surface area contributed by atoms with Crippen molar-refractivity contribution in [1.82, 2.24) is 25.6 Å². The standard InChI is InChI=1S/C19H17ClN6O/c1-10-9-21-16-6-5-11(7-14(10)16)27-18-13-4-2-3-12(13)17(8-15(18)20)22-19-23-25-26-24-19/h5-9,21H,2-4H2,1H3,(H2,22,23,24,25,26). The van der Waals surface area contributed by atoms with Gasteiger partial charge in [-0.1, -0.05) is 16.7 Å². The number of nitrogens with one attached hydrogen (secondary N) is 3. The maximum absolute atomic E-state index is 6.60. The van der Waals surface area contributed by atoms with Gasteiger partial charge in [-0.15, -0.1) is 5.10 Å². The third-order valence-corrected chi connectivity index (χ3v) is 5.26. The van der Waals surface area contributed by atoms with Gasteiger partial charge in [0, 0.05) is 28.4 Å². The first-order valence-electron chi connectivity index (χ1n) is 8.79. The fraction of sp³-hybridized carbons (Fsp3) is 0.211. The van der Waals surface area contributed by atoms with Gasteiger partial charge in [-0.3, -0.25) is 0 Å². The number of rotatable bonds is 4. The highest BCUT2D eigenvalue weighted by molar-refractivity contribution is 6.32. The van der Waals surface area contributed by atoms with Gasteiger partial charge in [-0.05, 0) is 66.8 Å². The number of H-pyrrole nitrogens is 2. The smallest absolute Gasteiger partial charge is 0.267 e. The number of aromatic amines is 2. The van der Waals surface area contributed by atoms with E-state index in [1.807, 2.05) is 30.5 Å². The Kier molecular flexibility index (Phi) is 3.75. The molecule has 1 aliphatic carbocycles. The van der Waals surface area contributed by atoms with Crippen molar-refractivity contribution in [2.24, 2.45) is 0 Å². The summed E-state index contributed by atoms with van der Waals surface area (Å²) in [7, 11) is 0. The molecular weight excluding hydrogens is 364 g/mol. The Morgan fingerprint density at radius 2 is 2.07 bits per heavy atom. The molecule has 1 aliphatic rings. The summed E-state index contributed by atoms with van der Waals surface area (Å²) in [5, 5.41) is 18.8. The van der Waals surface area contributed by atoms with Crippen LogP contribution in [0.1, 0.15) is 23.1 Å². The van der Waals surface area contributed by atoms with E-state index >= 15 is 0 Å². The van der Waals surface area contributed by atoms with Crippen LogP contribution in [0.3, 0.4) is 0 Å². The Balaban J connectivity index is 1.54. The topological polar surface area (TPSA) is 91.5 Å². The van der Waals surface area contributed by atoms with Gasteiger partial charge in [0.2, 0.25) is 0 Å². The number of nitrogens with zero attached hydrogens (tertiary/aromatic N) is 3. The predicted molar refractivity (Wildman–Crippen MR) is 104 cm³/mol. The van der Waals surface area contributed by atoms with Crippen molar-refractivity contribution >= 4 is 34.1 Å². The van der Waals surface area contributed by atoms with Crippen molar-refractivity contribution in [3.05, 3.63) is 52.2 Å². The summed E-state index contributed by atoms with van der Waals surface area (Å²) in [4.78, 5) is 3.25. The highest BCUT2D eigenvalue weighted by atomic mass is 35.5. The highest BCUT2D eigenvalue weighted by Gasteiger charge is 2.24. The highest BCUT2D eigenvalue weighted by Crippen LogP contribution is 2.44. The number of tetrazole rings is 1. The molecule has 27 heavy (non-hydrogen) atoms. The van der Waals surface area contributed by atoms with E-state index in [1.54, 1.807) is 0 Å². The molecule has 0 fully saturated rings. The minimum atomic E-state index is 0.419. The summed E-state index contributed by atoms with van der Waals surface area (Å²) in [6, 6.07) is 7.90. The van der Waals surface area contributed by atoms with Crippen molar-refractivity contribution < 1.29 is 4.74 Å². The van der Waals surface area contributed by atoms with E-state index in [9.17, 15) is 0 Å². The average Bonchev–Trinajstić information content (AvgIpc) is 3.40. The zero-order valence-corrected chi connectivity index (χ0v) is 15.4. The second-order valence-corrected chi connectivity index (χ2v) is 7.09. The lowest BCUT2D eigenvalue weighted by Crippen LogP contribution is -2.00. The third kappa shape index (κ3) is 2.80. The number of aryl methyl sites for hydroxylation is 1. The van der Waals surface area contributed by atoms with E-state index in [4.69, 9.17) is 16.3 Å². The van der Waals surface area contributed by atoms with E-state index in [1.165, 1.54) is 11.1 Å². The Morgan fingerprint density at radius 1 is 1.19 bits per heavy atom. The number of halogens is 1. The number of ether oxygens (including phenoxy) is 1. The first kappa shape index (κ1) is 16.1. The molecule has 0 atom stereocenters. The molecule has 0 bridgehead atoms. The summed E-state index contributed by atoms with van der Waals surface area (Å²) in [5.41, 5.74) is 5.51. The molecular formula is C19H17ClN6O. The Bertz CT molecular complexity index is 1140. The number of anilines is 2. The number of benzene rings is 2. The first-order valence-corrected chi connectivity index (χ1v) is 9.17. The lowest BCUT2D eigenvalue weighted by molar-refractivity contribution is 0.478. The van der Waals surface area contributed by atoms with Crippen molar-refractivity contribution in [3.63, 3.8) is 0 Å². The van der Waals surface area contributed by atoms with Gasteiger partial charge in [0.15, 0.2) is 0 Å². The third-order valence-electron chi connectivity index (χ3n) is 4.98. The van der Waals surface area contributed by atoms with Gasteiger partial charge in [-0.25, -0.2) is 0 Å². The molecule has 3 N–H and O–H groups in total. The second kappa shape index (κ2) is 6.28. The zero-order valence-electron chi connectivity index (χ0n) is 14.6. The van der Waals surface area contributed by atoms with Crippen LogP contribution in [0, 0.1) is 6.92 Å². The zero-order chi connectivity index (χ0) is 18.4. The van der Waals surface area contributed by atoms with Gasteiger partial charge in [0.05, 0.1) is 5.02 Å². The normalized spacial score (nSPS) is 13.1. The van der Waals surface area contributed by atoms with Crippen LogP contribution in [0.4, 0.5) is 11.6 Å². The van der Waals surface area contributed by atoms with Crippen molar-refractivity contribution in [1.29, 1.82) is 0 Å². The molecule has 2 aromatic carbocycles. The van der Waals surface area contributed by atoms with Gasteiger partial charge < -0.3 is 15.0 Å². The minimum absolute atomic E-state index is 0.419. The van der Waals surface area contributed by atoms with E-state index in [-0.39, 0.29) is 0 Å². The van der Waals surface area contributed by atoms with Crippen LogP contribution in [0.25, 0.3) is 10.9 Å². The quantitative estimate of drug-likeness (QED) is 0.478. The van der Waals surface area contributed by atoms with Gasteiger partial charge in [-0.2, -0.15) is 5.21 Å². The van der Waals surface area contributed by atoms with Crippen LogP contribution in [0.2, 0.25) is 5.02 Å². The lowest BCUT2D eigenvalue weighted by atomic mass is 10.1. The van der Waals surface area contributed by atoms with Gasteiger partial charge in [0.25, 0.3) is 5.95 Å². The van der Waals surface area contributed by atoms with E-state index in [0.29, 0.717) is 11.0 Å². The molecule has 2 heterocycles. The van der Waals surface area contributed by atoms with Crippen LogP contribution < -0.4 is 10.1 Å².